The second kappa shape index (κ2) is 8.60. The van der Waals surface area contributed by atoms with Crippen molar-refractivity contribution in [3.05, 3.63) is 53.1 Å². The van der Waals surface area contributed by atoms with Gasteiger partial charge in [0.15, 0.2) is 0 Å². The molecule has 2 aromatic carbocycles. The van der Waals surface area contributed by atoms with Gasteiger partial charge in [-0.1, -0.05) is 45.9 Å². The van der Waals surface area contributed by atoms with Gasteiger partial charge in [-0.05, 0) is 55.0 Å². The van der Waals surface area contributed by atoms with Crippen LogP contribution >= 0.6 is 0 Å². The number of carbonyl (C=O) groups excluding carboxylic acids is 1. The Hall–Kier alpha value is -2.67. The Bertz CT molecular complexity index is 1080. The maximum absolute atomic E-state index is 13.0. The van der Waals surface area contributed by atoms with Crippen LogP contribution in [-0.2, 0) is 22.9 Å². The van der Waals surface area contributed by atoms with E-state index < -0.39 is 10.0 Å². The van der Waals surface area contributed by atoms with Gasteiger partial charge < -0.3 is 10.2 Å². The van der Waals surface area contributed by atoms with Crippen molar-refractivity contribution < 1.29 is 13.2 Å². The van der Waals surface area contributed by atoms with Crippen LogP contribution in [0.5, 0.6) is 0 Å². The molecule has 6 nitrogen and oxygen atoms in total. The number of hydrogen-bond donors (Lipinski definition) is 1. The van der Waals surface area contributed by atoms with E-state index in [0.29, 0.717) is 29.5 Å². The summed E-state index contributed by atoms with van der Waals surface area (Å²) in [7, 11) is -3.85. The molecule has 0 bridgehead atoms. The number of benzene rings is 2. The fourth-order valence-electron chi connectivity index (χ4n) is 3.72. The summed E-state index contributed by atoms with van der Waals surface area (Å²) in [4.78, 5) is 15.0. The monoisotopic (exact) mass is 427 g/mol. The van der Waals surface area contributed by atoms with Crippen molar-refractivity contribution in [1.82, 2.24) is 0 Å². The standard InChI is InChI=1S/C23H29N3O3S/c1-6-17-9-8-10-18(7-2)22(17)24-23(27)19-11-12-20-21(13-19)30(28,29)25-16(5)26(20)14-15(3)4/h8-13,15H,6-7,14H2,1-5H3,(H,24,27). The average molecular weight is 428 g/mol. The molecule has 1 N–H and O–H groups in total. The van der Waals surface area contributed by atoms with Crippen LogP contribution in [0.3, 0.4) is 0 Å². The summed E-state index contributed by atoms with van der Waals surface area (Å²) < 4.78 is 29.3. The minimum atomic E-state index is -3.85. The lowest BCUT2D eigenvalue weighted by Crippen LogP contribution is -2.36. The van der Waals surface area contributed by atoms with Crippen LogP contribution in [0.2, 0.25) is 0 Å². The predicted molar refractivity (Wildman–Crippen MR) is 122 cm³/mol. The quantitative estimate of drug-likeness (QED) is 0.728. The first-order valence-corrected chi connectivity index (χ1v) is 11.8. The number of amidine groups is 1. The first-order valence-electron chi connectivity index (χ1n) is 10.3. The van der Waals surface area contributed by atoms with Crippen LogP contribution in [0.25, 0.3) is 0 Å². The van der Waals surface area contributed by atoms with E-state index in [0.717, 1.165) is 29.7 Å². The van der Waals surface area contributed by atoms with E-state index in [1.54, 1.807) is 19.1 Å². The predicted octanol–water partition coefficient (Wildman–Crippen LogP) is 4.65. The summed E-state index contributed by atoms with van der Waals surface area (Å²) in [5.41, 5.74) is 3.78. The highest BCUT2D eigenvalue weighted by molar-refractivity contribution is 7.90. The largest absolute Gasteiger partial charge is 0.328 e. The molecule has 0 radical (unpaired) electrons. The number of fused-ring (bicyclic) bond motifs is 1. The molecule has 0 fully saturated rings. The number of sulfonamides is 1. The highest BCUT2D eigenvalue weighted by Crippen LogP contribution is 2.33. The van der Waals surface area contributed by atoms with Gasteiger partial charge in [-0.15, -0.1) is 4.40 Å². The van der Waals surface area contributed by atoms with Crippen molar-refractivity contribution in [3.63, 3.8) is 0 Å². The van der Waals surface area contributed by atoms with E-state index in [9.17, 15) is 13.2 Å². The van der Waals surface area contributed by atoms with Crippen LogP contribution in [0.1, 0.15) is 56.1 Å². The Morgan fingerprint density at radius 3 is 2.30 bits per heavy atom. The van der Waals surface area contributed by atoms with Crippen LogP contribution in [-0.4, -0.2) is 26.7 Å². The topological polar surface area (TPSA) is 78.8 Å². The van der Waals surface area contributed by atoms with Gasteiger partial charge in [0.05, 0.1) is 5.69 Å². The molecule has 160 valence electrons. The van der Waals surface area contributed by atoms with Crippen LogP contribution in [0.4, 0.5) is 11.4 Å². The first kappa shape index (κ1) is 22.0. The van der Waals surface area contributed by atoms with Gasteiger partial charge in [-0.25, -0.2) is 0 Å². The lowest BCUT2D eigenvalue weighted by molar-refractivity contribution is 0.102. The summed E-state index contributed by atoms with van der Waals surface area (Å²) in [6.45, 7) is 10.5. The highest BCUT2D eigenvalue weighted by Gasteiger charge is 2.30. The second-order valence-corrected chi connectivity index (χ2v) is 9.49. The number of nitrogens with one attached hydrogen (secondary N) is 1. The minimum absolute atomic E-state index is 0.0703. The number of carbonyl (C=O) groups is 1. The molecule has 1 aliphatic heterocycles. The van der Waals surface area contributed by atoms with Gasteiger partial charge in [-0.3, -0.25) is 4.79 Å². The van der Waals surface area contributed by atoms with E-state index in [2.05, 4.69) is 23.6 Å². The SMILES string of the molecule is CCc1cccc(CC)c1NC(=O)c1ccc2c(c1)S(=O)(=O)N=C(C)N2CC(C)C. The minimum Gasteiger partial charge on any atom is -0.328 e. The molecule has 7 heteroatoms. The zero-order chi connectivity index (χ0) is 22.1. The first-order chi connectivity index (χ1) is 14.2. The maximum atomic E-state index is 13.0. The molecule has 1 heterocycles. The van der Waals surface area contributed by atoms with Gasteiger partial charge in [0.25, 0.3) is 15.9 Å². The lowest BCUT2D eigenvalue weighted by atomic mass is 10.0. The fourth-order valence-corrected chi connectivity index (χ4v) is 4.98. The van der Waals surface area contributed by atoms with Crippen LogP contribution in [0.15, 0.2) is 45.7 Å². The van der Waals surface area contributed by atoms with Gasteiger partial charge >= 0.3 is 0 Å². The summed E-state index contributed by atoms with van der Waals surface area (Å²) in [6.07, 6.45) is 1.58. The summed E-state index contributed by atoms with van der Waals surface area (Å²) in [5, 5.41) is 3.00. The van der Waals surface area contributed by atoms with Gasteiger partial charge in [0.1, 0.15) is 10.7 Å². The number of rotatable bonds is 6. The van der Waals surface area contributed by atoms with Crippen molar-refractivity contribution in [1.29, 1.82) is 0 Å². The molecule has 2 aromatic rings. The number of para-hydroxylation sites is 1. The zero-order valence-corrected chi connectivity index (χ0v) is 19.0. The van der Waals surface area contributed by atoms with Crippen molar-refractivity contribution >= 4 is 33.1 Å². The van der Waals surface area contributed by atoms with Gasteiger partial charge in [0.2, 0.25) is 0 Å². The maximum Gasteiger partial charge on any atom is 0.286 e. The second-order valence-electron chi connectivity index (χ2n) is 7.91. The van der Waals surface area contributed by atoms with E-state index in [4.69, 9.17) is 0 Å². The number of anilines is 2. The molecule has 3 rings (SSSR count). The Morgan fingerprint density at radius 1 is 1.10 bits per heavy atom. The molecule has 0 unspecified atom stereocenters. The molecule has 0 spiro atoms. The third-order valence-corrected chi connectivity index (χ3v) is 6.61. The van der Waals surface area contributed by atoms with Crippen molar-refractivity contribution in [3.8, 4) is 0 Å². The van der Waals surface area contributed by atoms with Crippen molar-refractivity contribution in [2.45, 2.75) is 52.4 Å². The highest BCUT2D eigenvalue weighted by atomic mass is 32.2. The van der Waals surface area contributed by atoms with Gasteiger partial charge in [-0.2, -0.15) is 8.42 Å². The number of amides is 1. The molecule has 0 saturated heterocycles. The molecule has 0 saturated carbocycles. The van der Waals surface area contributed by atoms with E-state index in [1.807, 2.05) is 36.9 Å². The van der Waals surface area contributed by atoms with Crippen molar-refractivity contribution in [2.24, 2.45) is 10.3 Å². The summed E-state index contributed by atoms with van der Waals surface area (Å²) in [6, 6.07) is 10.8. The third-order valence-electron chi connectivity index (χ3n) is 5.22. The van der Waals surface area contributed by atoms with E-state index >= 15 is 0 Å². The van der Waals surface area contributed by atoms with Crippen LogP contribution in [0, 0.1) is 5.92 Å². The molecule has 1 amide bonds. The Morgan fingerprint density at radius 2 is 1.73 bits per heavy atom. The normalized spacial score (nSPS) is 15.0. The molecule has 1 aliphatic rings. The number of aryl methyl sites for hydroxylation is 2. The van der Waals surface area contributed by atoms with Crippen LogP contribution < -0.4 is 10.2 Å². The smallest absolute Gasteiger partial charge is 0.286 e. The number of hydrogen-bond acceptors (Lipinski definition) is 4. The summed E-state index contributed by atoms with van der Waals surface area (Å²) >= 11 is 0. The Kier molecular flexibility index (Phi) is 6.31. The molecule has 30 heavy (non-hydrogen) atoms. The Labute approximate surface area is 179 Å². The molecule has 0 atom stereocenters. The summed E-state index contributed by atoms with van der Waals surface area (Å²) in [5.74, 6) is 0.438. The fraction of sp³-hybridized carbons (Fsp3) is 0.391. The lowest BCUT2D eigenvalue weighted by Gasteiger charge is -2.31. The number of nitrogens with zero attached hydrogens (tertiary/aromatic N) is 2. The van der Waals surface area contributed by atoms with E-state index in [1.165, 1.54) is 6.07 Å². The van der Waals surface area contributed by atoms with Gasteiger partial charge in [0, 0.05) is 17.8 Å². The Balaban J connectivity index is 2.01. The zero-order valence-electron chi connectivity index (χ0n) is 18.2. The van der Waals surface area contributed by atoms with Crippen molar-refractivity contribution in [2.75, 3.05) is 16.8 Å². The van der Waals surface area contributed by atoms with E-state index in [-0.39, 0.29) is 10.8 Å². The third kappa shape index (κ3) is 4.26. The molecule has 0 aliphatic carbocycles. The molecular formula is C23H29N3O3S. The molecule has 0 aromatic heterocycles. The molecular weight excluding hydrogens is 398 g/mol. The average Bonchev–Trinajstić information content (AvgIpc) is 2.70.